The quantitative estimate of drug-likeness (QED) is 0.652. The Morgan fingerprint density at radius 3 is 2.61 bits per heavy atom. The number of sulfonamides is 1. The third-order valence-electron chi connectivity index (χ3n) is 5.71. The van der Waals surface area contributed by atoms with E-state index in [1.807, 2.05) is 32.0 Å². The Kier molecular flexibility index (Phi) is 5.84. The van der Waals surface area contributed by atoms with Crippen LogP contribution in [0.3, 0.4) is 0 Å². The molecule has 0 spiro atoms. The molecular weight excluding hydrogens is 416 g/mol. The van der Waals surface area contributed by atoms with Crippen LogP contribution in [0.5, 0.6) is 0 Å². The number of hydrogen-bond acceptors (Lipinski definition) is 6. The van der Waals surface area contributed by atoms with Crippen molar-refractivity contribution >= 4 is 21.6 Å². The van der Waals surface area contributed by atoms with Crippen LogP contribution in [0, 0.1) is 19.8 Å². The van der Waals surface area contributed by atoms with Gasteiger partial charge in [0.2, 0.25) is 15.9 Å². The molecule has 1 aromatic heterocycles. The van der Waals surface area contributed by atoms with Gasteiger partial charge in [-0.2, -0.15) is 4.31 Å². The van der Waals surface area contributed by atoms with E-state index in [1.165, 1.54) is 27.4 Å². The number of carbonyl (C=O) groups is 1. The van der Waals surface area contributed by atoms with Gasteiger partial charge in [-0.1, -0.05) is 12.1 Å². The first-order valence-electron chi connectivity index (χ1n) is 10.1. The van der Waals surface area contributed by atoms with Gasteiger partial charge < -0.3 is 5.32 Å². The zero-order valence-corrected chi connectivity index (χ0v) is 18.2. The van der Waals surface area contributed by atoms with E-state index < -0.39 is 15.9 Å². The van der Waals surface area contributed by atoms with Gasteiger partial charge in [-0.05, 0) is 78.6 Å². The van der Waals surface area contributed by atoms with E-state index in [1.54, 1.807) is 12.1 Å². The molecule has 1 aliphatic heterocycles. The second-order valence-corrected chi connectivity index (χ2v) is 9.63. The first-order valence-corrected chi connectivity index (χ1v) is 11.5. The lowest BCUT2D eigenvalue weighted by Crippen LogP contribution is -2.43. The van der Waals surface area contributed by atoms with Crippen LogP contribution >= 0.6 is 0 Å². The highest BCUT2D eigenvalue weighted by molar-refractivity contribution is 7.89. The van der Waals surface area contributed by atoms with Crippen molar-refractivity contribution in [1.29, 1.82) is 0 Å². The summed E-state index contributed by atoms with van der Waals surface area (Å²) < 4.78 is 29.2. The molecule has 1 atom stereocenters. The van der Waals surface area contributed by atoms with Crippen molar-refractivity contribution in [2.24, 2.45) is 5.92 Å². The molecule has 0 radical (unpaired) electrons. The zero-order valence-electron chi connectivity index (χ0n) is 17.4. The Bertz CT molecular complexity index is 1180. The molecular formula is C21H24N6O3S. The predicted molar refractivity (Wildman–Crippen MR) is 115 cm³/mol. The summed E-state index contributed by atoms with van der Waals surface area (Å²) in [5.74, 6) is -0.549. The number of nitrogens with zero attached hydrogens (tertiary/aromatic N) is 5. The number of rotatable bonds is 5. The van der Waals surface area contributed by atoms with Crippen LogP contribution in [-0.2, 0) is 14.8 Å². The average Bonchev–Trinajstić information content (AvgIpc) is 3.32. The third-order valence-corrected chi connectivity index (χ3v) is 7.58. The van der Waals surface area contributed by atoms with E-state index in [2.05, 4.69) is 20.8 Å². The van der Waals surface area contributed by atoms with Crippen molar-refractivity contribution in [2.75, 3.05) is 18.4 Å². The fraction of sp³-hybridized carbons (Fsp3) is 0.333. The van der Waals surface area contributed by atoms with E-state index in [-0.39, 0.29) is 17.3 Å². The number of amides is 1. The van der Waals surface area contributed by atoms with E-state index in [9.17, 15) is 13.2 Å². The molecule has 1 aliphatic rings. The number of benzene rings is 2. The summed E-state index contributed by atoms with van der Waals surface area (Å²) in [7, 11) is -3.71. The monoisotopic (exact) mass is 440 g/mol. The van der Waals surface area contributed by atoms with Crippen LogP contribution in [0.1, 0.15) is 24.0 Å². The molecule has 0 bridgehead atoms. The number of nitrogens with one attached hydrogen (secondary N) is 1. The summed E-state index contributed by atoms with van der Waals surface area (Å²) in [5, 5.41) is 13.9. The van der Waals surface area contributed by atoms with Crippen molar-refractivity contribution in [3.63, 3.8) is 0 Å². The smallest absolute Gasteiger partial charge is 0.243 e. The van der Waals surface area contributed by atoms with Crippen molar-refractivity contribution < 1.29 is 13.2 Å². The van der Waals surface area contributed by atoms with Gasteiger partial charge in [0.25, 0.3) is 0 Å². The molecule has 31 heavy (non-hydrogen) atoms. The second-order valence-electron chi connectivity index (χ2n) is 7.69. The van der Waals surface area contributed by atoms with Crippen LogP contribution in [-0.4, -0.2) is 51.9 Å². The molecule has 1 N–H and O–H groups in total. The first-order chi connectivity index (χ1) is 14.9. The molecule has 2 heterocycles. The second kappa shape index (κ2) is 8.56. The third kappa shape index (κ3) is 4.35. The highest BCUT2D eigenvalue weighted by Gasteiger charge is 2.33. The highest BCUT2D eigenvalue weighted by atomic mass is 32.2. The van der Waals surface area contributed by atoms with Gasteiger partial charge in [-0.25, -0.2) is 13.1 Å². The van der Waals surface area contributed by atoms with Crippen molar-refractivity contribution in [3.8, 4) is 5.69 Å². The molecule has 9 nitrogen and oxygen atoms in total. The molecule has 0 unspecified atom stereocenters. The van der Waals surface area contributed by atoms with Gasteiger partial charge in [0.15, 0.2) is 0 Å². The van der Waals surface area contributed by atoms with Gasteiger partial charge >= 0.3 is 0 Å². The van der Waals surface area contributed by atoms with Crippen LogP contribution in [0.2, 0.25) is 0 Å². The summed E-state index contributed by atoms with van der Waals surface area (Å²) in [6.45, 7) is 4.50. The minimum atomic E-state index is -3.71. The number of carbonyl (C=O) groups excluding carboxylic acids is 1. The lowest BCUT2D eigenvalue weighted by Gasteiger charge is -2.31. The molecule has 1 amide bonds. The number of piperidine rings is 1. The molecule has 0 saturated carbocycles. The molecule has 2 aromatic carbocycles. The van der Waals surface area contributed by atoms with Crippen molar-refractivity contribution in [2.45, 2.75) is 31.6 Å². The normalized spacial score (nSPS) is 17.4. The van der Waals surface area contributed by atoms with Gasteiger partial charge in [0.05, 0.1) is 16.5 Å². The largest absolute Gasteiger partial charge is 0.326 e. The number of aryl methyl sites for hydroxylation is 1. The summed E-state index contributed by atoms with van der Waals surface area (Å²) >= 11 is 0. The average molecular weight is 441 g/mol. The molecule has 1 fully saturated rings. The standard InChI is InChI=1S/C21H24N6O3S/c1-15-5-3-7-20(16(15)2)23-21(28)17-6-4-12-26(13-17)31(29,30)19-10-8-18(9-11-19)27-14-22-24-25-27/h3,5,7-11,14,17H,4,6,12-13H2,1-2H3,(H,23,28)/t17-/m1/s1. The number of hydrogen-bond donors (Lipinski definition) is 1. The van der Waals surface area contributed by atoms with Crippen molar-refractivity contribution in [1.82, 2.24) is 24.5 Å². The fourth-order valence-electron chi connectivity index (χ4n) is 3.70. The molecule has 10 heteroatoms. The summed E-state index contributed by atoms with van der Waals surface area (Å²) in [5.41, 5.74) is 3.53. The first kappa shape index (κ1) is 21.1. The molecule has 162 valence electrons. The van der Waals surface area contributed by atoms with E-state index in [4.69, 9.17) is 0 Å². The van der Waals surface area contributed by atoms with E-state index in [0.717, 1.165) is 16.8 Å². The SMILES string of the molecule is Cc1cccc(NC(=O)[C@@H]2CCCN(S(=O)(=O)c3ccc(-n4cnnn4)cc3)C2)c1C. The van der Waals surface area contributed by atoms with Gasteiger partial charge in [-0.15, -0.1) is 5.10 Å². The summed E-state index contributed by atoms with van der Waals surface area (Å²) in [6.07, 6.45) is 2.72. The molecule has 1 saturated heterocycles. The Morgan fingerprint density at radius 2 is 1.90 bits per heavy atom. The number of aromatic nitrogens is 4. The van der Waals surface area contributed by atoms with E-state index >= 15 is 0 Å². The highest BCUT2D eigenvalue weighted by Crippen LogP contribution is 2.26. The lowest BCUT2D eigenvalue weighted by molar-refractivity contribution is -0.120. The minimum absolute atomic E-state index is 0.150. The van der Waals surface area contributed by atoms with Gasteiger partial charge in [0, 0.05) is 18.8 Å². The van der Waals surface area contributed by atoms with Gasteiger partial charge in [0.1, 0.15) is 6.33 Å². The Labute approximate surface area is 181 Å². The predicted octanol–water partition coefficient (Wildman–Crippen LogP) is 2.32. The summed E-state index contributed by atoms with van der Waals surface area (Å²) in [6, 6.07) is 12.1. The lowest BCUT2D eigenvalue weighted by atomic mass is 9.98. The van der Waals surface area contributed by atoms with Crippen LogP contribution in [0.15, 0.2) is 53.7 Å². The van der Waals surface area contributed by atoms with Crippen LogP contribution < -0.4 is 5.32 Å². The minimum Gasteiger partial charge on any atom is -0.326 e. The van der Waals surface area contributed by atoms with Gasteiger partial charge in [-0.3, -0.25) is 4.79 Å². The summed E-state index contributed by atoms with van der Waals surface area (Å²) in [4.78, 5) is 13.0. The van der Waals surface area contributed by atoms with Crippen LogP contribution in [0.4, 0.5) is 5.69 Å². The topological polar surface area (TPSA) is 110 Å². The molecule has 0 aliphatic carbocycles. The maximum Gasteiger partial charge on any atom is 0.243 e. The number of tetrazole rings is 1. The molecule has 4 rings (SSSR count). The number of anilines is 1. The van der Waals surface area contributed by atoms with Crippen molar-refractivity contribution in [3.05, 3.63) is 59.9 Å². The maximum atomic E-state index is 13.2. The van der Waals surface area contributed by atoms with Crippen LogP contribution in [0.25, 0.3) is 5.69 Å². The zero-order chi connectivity index (χ0) is 22.0. The molecule has 3 aromatic rings. The Hall–Kier alpha value is -3.11. The Morgan fingerprint density at radius 1 is 1.13 bits per heavy atom. The Balaban J connectivity index is 1.48. The fourth-order valence-corrected chi connectivity index (χ4v) is 5.22. The van der Waals surface area contributed by atoms with E-state index in [0.29, 0.717) is 25.1 Å². The maximum absolute atomic E-state index is 13.2.